The van der Waals surface area contributed by atoms with Gasteiger partial charge in [-0.2, -0.15) is 5.10 Å². The molecule has 1 N–H and O–H groups in total. The van der Waals surface area contributed by atoms with E-state index >= 15 is 0 Å². The van der Waals surface area contributed by atoms with Crippen LogP contribution in [0, 0.1) is 11.8 Å². The first-order valence-corrected chi connectivity index (χ1v) is 8.61. The molecule has 0 radical (unpaired) electrons. The number of nitrogens with zero attached hydrogens (tertiary/aromatic N) is 3. The van der Waals surface area contributed by atoms with E-state index in [9.17, 15) is 9.59 Å². The van der Waals surface area contributed by atoms with Crippen LogP contribution >= 0.6 is 0 Å². The van der Waals surface area contributed by atoms with Gasteiger partial charge in [0.05, 0.1) is 11.9 Å². The molecule has 0 spiro atoms. The molecule has 1 aromatic rings. The molecule has 2 heterocycles. The number of hydrogen-bond acceptors (Lipinski definition) is 4. The molecular formula is C17H28N4O2. The second-order valence-corrected chi connectivity index (χ2v) is 6.68. The zero-order chi connectivity index (χ0) is 16.8. The molecule has 0 aliphatic carbocycles. The lowest BCUT2D eigenvalue weighted by Crippen LogP contribution is -2.41. The van der Waals surface area contributed by atoms with Gasteiger partial charge in [0.2, 0.25) is 5.91 Å². The Hall–Kier alpha value is -1.85. The van der Waals surface area contributed by atoms with Crippen molar-refractivity contribution in [2.45, 2.75) is 46.6 Å². The van der Waals surface area contributed by atoms with Crippen molar-refractivity contribution < 1.29 is 4.79 Å². The van der Waals surface area contributed by atoms with Gasteiger partial charge in [0.15, 0.2) is 0 Å². The molecule has 0 unspecified atom stereocenters. The molecule has 1 aliphatic heterocycles. The molecule has 1 aliphatic rings. The molecule has 2 rings (SSSR count). The van der Waals surface area contributed by atoms with Gasteiger partial charge in [-0.1, -0.05) is 20.8 Å². The summed E-state index contributed by atoms with van der Waals surface area (Å²) in [7, 11) is 0. The van der Waals surface area contributed by atoms with Crippen molar-refractivity contribution in [3.63, 3.8) is 0 Å². The van der Waals surface area contributed by atoms with Gasteiger partial charge in [-0.05, 0) is 25.2 Å². The number of piperidine rings is 1. The molecule has 6 heteroatoms. The van der Waals surface area contributed by atoms with E-state index in [1.807, 2.05) is 6.92 Å². The standard InChI is InChI=1S/C17H28N4O2/c1-4-7-21-16(22)10-15(12-19-21)20-8-5-14(6-9-20)17(23)18-11-13(2)3/h10,12-14H,4-9,11H2,1-3H3,(H,18,23). The average Bonchev–Trinajstić information content (AvgIpc) is 2.55. The number of hydrogen-bond donors (Lipinski definition) is 1. The van der Waals surface area contributed by atoms with Crippen molar-refractivity contribution >= 4 is 11.6 Å². The molecule has 1 fully saturated rings. The van der Waals surface area contributed by atoms with E-state index in [0.717, 1.165) is 44.6 Å². The minimum absolute atomic E-state index is 0.0545. The Bertz CT molecular complexity index is 574. The minimum atomic E-state index is -0.0545. The number of carbonyl (C=O) groups is 1. The molecule has 23 heavy (non-hydrogen) atoms. The van der Waals surface area contributed by atoms with Gasteiger partial charge in [-0.15, -0.1) is 0 Å². The Labute approximate surface area is 137 Å². The van der Waals surface area contributed by atoms with Crippen LogP contribution < -0.4 is 15.8 Å². The third-order valence-electron chi connectivity index (χ3n) is 4.21. The lowest BCUT2D eigenvalue weighted by molar-refractivity contribution is -0.125. The third-order valence-corrected chi connectivity index (χ3v) is 4.21. The van der Waals surface area contributed by atoms with Crippen molar-refractivity contribution in [2.75, 3.05) is 24.5 Å². The normalized spacial score (nSPS) is 15.9. The topological polar surface area (TPSA) is 67.2 Å². The van der Waals surface area contributed by atoms with Gasteiger partial charge in [-0.3, -0.25) is 9.59 Å². The van der Waals surface area contributed by atoms with Crippen LogP contribution in [0.3, 0.4) is 0 Å². The van der Waals surface area contributed by atoms with Gasteiger partial charge in [-0.25, -0.2) is 4.68 Å². The fourth-order valence-corrected chi connectivity index (χ4v) is 2.83. The molecular weight excluding hydrogens is 292 g/mol. The maximum atomic E-state index is 12.1. The smallest absolute Gasteiger partial charge is 0.268 e. The summed E-state index contributed by atoms with van der Waals surface area (Å²) < 4.78 is 1.50. The van der Waals surface area contributed by atoms with E-state index in [1.54, 1.807) is 12.3 Å². The van der Waals surface area contributed by atoms with E-state index in [0.29, 0.717) is 12.5 Å². The molecule has 0 atom stereocenters. The number of aryl methyl sites for hydroxylation is 1. The highest BCUT2D eigenvalue weighted by molar-refractivity contribution is 5.79. The van der Waals surface area contributed by atoms with Gasteiger partial charge in [0, 0.05) is 38.2 Å². The summed E-state index contributed by atoms with van der Waals surface area (Å²) in [6.07, 6.45) is 4.29. The summed E-state index contributed by atoms with van der Waals surface area (Å²) in [5, 5.41) is 7.24. The monoisotopic (exact) mass is 320 g/mol. The summed E-state index contributed by atoms with van der Waals surface area (Å²) in [4.78, 5) is 26.3. The average molecular weight is 320 g/mol. The van der Waals surface area contributed by atoms with Crippen molar-refractivity contribution in [3.8, 4) is 0 Å². The van der Waals surface area contributed by atoms with E-state index in [1.165, 1.54) is 4.68 Å². The van der Waals surface area contributed by atoms with Crippen molar-refractivity contribution in [2.24, 2.45) is 11.8 Å². The predicted molar refractivity (Wildman–Crippen MR) is 91.6 cm³/mol. The molecule has 0 saturated carbocycles. The minimum Gasteiger partial charge on any atom is -0.370 e. The molecule has 0 aromatic carbocycles. The number of nitrogens with one attached hydrogen (secondary N) is 1. The Morgan fingerprint density at radius 3 is 2.65 bits per heavy atom. The Balaban J connectivity index is 1.90. The summed E-state index contributed by atoms with van der Waals surface area (Å²) in [6, 6.07) is 1.65. The van der Waals surface area contributed by atoms with Crippen LogP contribution in [0.5, 0.6) is 0 Å². The van der Waals surface area contributed by atoms with Crippen LogP contribution in [-0.2, 0) is 11.3 Å². The van der Waals surface area contributed by atoms with E-state index in [4.69, 9.17) is 0 Å². The number of carbonyl (C=O) groups excluding carboxylic acids is 1. The fourth-order valence-electron chi connectivity index (χ4n) is 2.83. The summed E-state index contributed by atoms with van der Waals surface area (Å²) in [5.41, 5.74) is 0.810. The van der Waals surface area contributed by atoms with Gasteiger partial charge in [0.25, 0.3) is 5.56 Å². The predicted octanol–water partition coefficient (Wildman–Crippen LogP) is 1.64. The highest BCUT2D eigenvalue weighted by Gasteiger charge is 2.25. The summed E-state index contributed by atoms with van der Waals surface area (Å²) >= 11 is 0. The van der Waals surface area contributed by atoms with Crippen LogP contribution in [0.15, 0.2) is 17.1 Å². The zero-order valence-corrected chi connectivity index (χ0v) is 14.4. The summed E-state index contributed by atoms with van der Waals surface area (Å²) in [6.45, 7) is 9.18. The lowest BCUT2D eigenvalue weighted by atomic mass is 9.95. The Morgan fingerprint density at radius 2 is 2.09 bits per heavy atom. The van der Waals surface area contributed by atoms with E-state index < -0.39 is 0 Å². The van der Waals surface area contributed by atoms with Gasteiger partial charge >= 0.3 is 0 Å². The SMILES string of the molecule is CCCn1ncc(N2CCC(C(=O)NCC(C)C)CC2)cc1=O. The van der Waals surface area contributed by atoms with Crippen LogP contribution in [0.25, 0.3) is 0 Å². The van der Waals surface area contributed by atoms with E-state index in [2.05, 4.69) is 29.2 Å². The second kappa shape index (κ2) is 8.13. The quantitative estimate of drug-likeness (QED) is 0.865. The molecule has 1 amide bonds. The van der Waals surface area contributed by atoms with Gasteiger partial charge in [0.1, 0.15) is 0 Å². The largest absolute Gasteiger partial charge is 0.370 e. The fraction of sp³-hybridized carbons (Fsp3) is 0.706. The van der Waals surface area contributed by atoms with E-state index in [-0.39, 0.29) is 17.4 Å². The Kier molecular flexibility index (Phi) is 6.19. The lowest BCUT2D eigenvalue weighted by Gasteiger charge is -2.32. The second-order valence-electron chi connectivity index (χ2n) is 6.68. The Morgan fingerprint density at radius 1 is 1.39 bits per heavy atom. The van der Waals surface area contributed by atoms with Crippen LogP contribution in [0.1, 0.15) is 40.0 Å². The highest BCUT2D eigenvalue weighted by atomic mass is 16.2. The van der Waals surface area contributed by atoms with Crippen molar-refractivity contribution in [3.05, 3.63) is 22.6 Å². The molecule has 1 saturated heterocycles. The third kappa shape index (κ3) is 4.81. The molecule has 6 nitrogen and oxygen atoms in total. The van der Waals surface area contributed by atoms with Gasteiger partial charge < -0.3 is 10.2 Å². The number of amides is 1. The molecule has 128 valence electrons. The first-order valence-electron chi connectivity index (χ1n) is 8.61. The first kappa shape index (κ1) is 17.5. The van der Waals surface area contributed by atoms with Crippen molar-refractivity contribution in [1.29, 1.82) is 0 Å². The maximum absolute atomic E-state index is 12.1. The number of rotatable bonds is 6. The van der Waals surface area contributed by atoms with Crippen LogP contribution in [0.2, 0.25) is 0 Å². The van der Waals surface area contributed by atoms with Crippen LogP contribution in [0.4, 0.5) is 5.69 Å². The first-order chi connectivity index (χ1) is 11.0. The van der Waals surface area contributed by atoms with Crippen molar-refractivity contribution in [1.82, 2.24) is 15.1 Å². The maximum Gasteiger partial charge on any atom is 0.268 e. The molecule has 0 bridgehead atoms. The number of anilines is 1. The van der Waals surface area contributed by atoms with Crippen LogP contribution in [-0.4, -0.2) is 35.3 Å². The highest BCUT2D eigenvalue weighted by Crippen LogP contribution is 2.22. The molecule has 1 aromatic heterocycles. The summed E-state index contributed by atoms with van der Waals surface area (Å²) in [5.74, 6) is 0.716. The zero-order valence-electron chi connectivity index (χ0n) is 14.4. The number of aromatic nitrogens is 2.